The zero-order valence-electron chi connectivity index (χ0n) is 8.33. The Hall–Kier alpha value is -1.91. The van der Waals surface area contributed by atoms with Gasteiger partial charge in [-0.15, -0.1) is 0 Å². The van der Waals surface area contributed by atoms with E-state index in [1.807, 2.05) is 0 Å². The quantitative estimate of drug-likeness (QED) is 0.772. The lowest BCUT2D eigenvalue weighted by Gasteiger charge is -2.09. The highest BCUT2D eigenvalue weighted by molar-refractivity contribution is 5.91. The molecule has 0 saturated heterocycles. The molecule has 0 aliphatic carbocycles. The van der Waals surface area contributed by atoms with Gasteiger partial charge in [0, 0.05) is 13.0 Å². The molecule has 0 aliphatic rings. The zero-order chi connectivity index (χ0) is 11.4. The summed E-state index contributed by atoms with van der Waals surface area (Å²) >= 11 is 0. The predicted molar refractivity (Wildman–Crippen MR) is 52.6 cm³/mol. The molecule has 0 bridgehead atoms. The number of amides is 1. The van der Waals surface area contributed by atoms with Crippen molar-refractivity contribution in [3.8, 4) is 5.75 Å². The van der Waals surface area contributed by atoms with Crippen molar-refractivity contribution in [3.05, 3.63) is 23.5 Å². The van der Waals surface area contributed by atoms with Gasteiger partial charge in [0.1, 0.15) is 11.6 Å². The maximum absolute atomic E-state index is 13.2. The Bertz CT molecular complexity index is 404. The number of nitrogens with one attached hydrogen (secondary N) is 1. The molecule has 0 atom stereocenters. The Morgan fingerprint density at radius 2 is 2.20 bits per heavy atom. The van der Waals surface area contributed by atoms with E-state index in [4.69, 9.17) is 4.74 Å². The van der Waals surface area contributed by atoms with E-state index in [0.717, 1.165) is 6.07 Å². The van der Waals surface area contributed by atoms with Crippen molar-refractivity contribution in [2.24, 2.45) is 0 Å². The van der Waals surface area contributed by atoms with Gasteiger partial charge < -0.3 is 10.1 Å². The molecule has 1 amide bonds. The Morgan fingerprint density at radius 1 is 1.53 bits per heavy atom. The second-order valence-electron chi connectivity index (χ2n) is 2.87. The number of methoxy groups -OCH3 is 1. The summed E-state index contributed by atoms with van der Waals surface area (Å²) in [7, 11) is 1.37. The van der Waals surface area contributed by atoms with Gasteiger partial charge in [0.15, 0.2) is 6.29 Å². The molecule has 0 radical (unpaired) electrons. The van der Waals surface area contributed by atoms with Crippen molar-refractivity contribution in [1.82, 2.24) is 0 Å². The lowest BCUT2D eigenvalue weighted by Crippen LogP contribution is -2.08. The summed E-state index contributed by atoms with van der Waals surface area (Å²) in [5.41, 5.74) is 0.0917. The Balaban J connectivity index is 3.20. The lowest BCUT2D eigenvalue weighted by atomic mass is 10.2. The molecule has 0 aromatic heterocycles. The standard InChI is InChI=1S/C10H10FNO3/c1-6(14)12-9-4-8(11)7(5-13)3-10(9)15-2/h3-5H,1-2H3,(H,12,14). The van der Waals surface area contributed by atoms with Crippen LogP contribution in [0.2, 0.25) is 0 Å². The summed E-state index contributed by atoms with van der Waals surface area (Å²) in [4.78, 5) is 21.2. The zero-order valence-corrected chi connectivity index (χ0v) is 8.33. The average Bonchev–Trinajstić information content (AvgIpc) is 2.17. The van der Waals surface area contributed by atoms with E-state index >= 15 is 0 Å². The van der Waals surface area contributed by atoms with Crippen molar-refractivity contribution < 1.29 is 18.7 Å². The topological polar surface area (TPSA) is 55.4 Å². The van der Waals surface area contributed by atoms with Crippen LogP contribution in [0.1, 0.15) is 17.3 Å². The molecule has 0 unspecified atom stereocenters. The highest BCUT2D eigenvalue weighted by atomic mass is 19.1. The molecule has 15 heavy (non-hydrogen) atoms. The molecule has 0 saturated carbocycles. The fourth-order valence-electron chi connectivity index (χ4n) is 1.12. The van der Waals surface area contributed by atoms with Gasteiger partial charge >= 0.3 is 0 Å². The van der Waals surface area contributed by atoms with Gasteiger partial charge in [0.05, 0.1) is 18.4 Å². The summed E-state index contributed by atoms with van der Waals surface area (Å²) in [6.45, 7) is 1.30. The Kier molecular flexibility index (Phi) is 3.38. The molecule has 0 fully saturated rings. The second kappa shape index (κ2) is 4.54. The minimum absolute atomic E-state index is 0.110. The normalized spacial score (nSPS) is 9.53. The van der Waals surface area contributed by atoms with Crippen LogP contribution in [0.4, 0.5) is 10.1 Å². The third-order valence-corrected chi connectivity index (χ3v) is 1.76. The van der Waals surface area contributed by atoms with Gasteiger partial charge in [0.2, 0.25) is 5.91 Å². The molecule has 0 aliphatic heterocycles. The first-order valence-corrected chi connectivity index (χ1v) is 4.18. The number of carbonyl (C=O) groups excluding carboxylic acids is 2. The minimum Gasteiger partial charge on any atom is -0.495 e. The number of benzene rings is 1. The van der Waals surface area contributed by atoms with Crippen molar-refractivity contribution in [2.75, 3.05) is 12.4 Å². The second-order valence-corrected chi connectivity index (χ2v) is 2.87. The summed E-state index contributed by atoms with van der Waals surface area (Å²) in [5, 5.41) is 2.40. The van der Waals surface area contributed by atoms with Crippen LogP contribution in [0.25, 0.3) is 0 Å². The molecule has 0 spiro atoms. The summed E-state index contributed by atoms with van der Waals surface area (Å²) in [5.74, 6) is -0.796. The van der Waals surface area contributed by atoms with Crippen LogP contribution >= 0.6 is 0 Å². The van der Waals surface area contributed by atoms with Crippen molar-refractivity contribution in [1.29, 1.82) is 0 Å². The van der Waals surface area contributed by atoms with Crippen LogP contribution in [0.3, 0.4) is 0 Å². The van der Waals surface area contributed by atoms with Gasteiger partial charge in [-0.05, 0) is 6.07 Å². The molecular formula is C10H10FNO3. The number of hydrogen-bond acceptors (Lipinski definition) is 3. The summed E-state index contributed by atoms with van der Waals surface area (Å²) < 4.78 is 18.1. The predicted octanol–water partition coefficient (Wildman–Crippen LogP) is 1.61. The van der Waals surface area contributed by atoms with Crippen LogP contribution in [0, 0.1) is 5.82 Å². The van der Waals surface area contributed by atoms with E-state index < -0.39 is 5.82 Å². The molecule has 1 N–H and O–H groups in total. The molecule has 1 rings (SSSR count). The molecule has 0 heterocycles. The fraction of sp³-hybridized carbons (Fsp3) is 0.200. The molecule has 80 valence electrons. The lowest BCUT2D eigenvalue weighted by molar-refractivity contribution is -0.114. The molecule has 1 aromatic carbocycles. The van der Waals surface area contributed by atoms with Gasteiger partial charge in [0.25, 0.3) is 0 Å². The molecule has 1 aromatic rings. The third-order valence-electron chi connectivity index (χ3n) is 1.76. The van der Waals surface area contributed by atoms with Gasteiger partial charge in [-0.2, -0.15) is 0 Å². The molecule has 4 nitrogen and oxygen atoms in total. The van der Waals surface area contributed by atoms with E-state index in [1.54, 1.807) is 0 Å². The molecular weight excluding hydrogens is 201 g/mol. The first-order valence-electron chi connectivity index (χ1n) is 4.18. The van der Waals surface area contributed by atoms with Crippen LogP contribution in [-0.4, -0.2) is 19.3 Å². The van der Waals surface area contributed by atoms with Crippen LogP contribution in [0.5, 0.6) is 5.75 Å². The van der Waals surface area contributed by atoms with Gasteiger partial charge in [-0.1, -0.05) is 0 Å². The largest absolute Gasteiger partial charge is 0.495 e. The highest BCUT2D eigenvalue weighted by Gasteiger charge is 2.10. The van der Waals surface area contributed by atoms with Crippen LogP contribution in [-0.2, 0) is 4.79 Å². The van der Waals surface area contributed by atoms with E-state index in [-0.39, 0.29) is 22.9 Å². The highest BCUT2D eigenvalue weighted by Crippen LogP contribution is 2.27. The van der Waals surface area contributed by atoms with Gasteiger partial charge in [-0.3, -0.25) is 9.59 Å². The van der Waals surface area contributed by atoms with E-state index in [2.05, 4.69) is 5.32 Å². The Labute approximate surface area is 86.0 Å². The Morgan fingerprint density at radius 3 is 2.67 bits per heavy atom. The van der Waals surface area contributed by atoms with Gasteiger partial charge in [-0.25, -0.2) is 4.39 Å². The first-order chi connectivity index (χ1) is 7.08. The summed E-state index contributed by atoms with van der Waals surface area (Å²) in [6, 6.07) is 2.28. The number of hydrogen-bond donors (Lipinski definition) is 1. The number of rotatable bonds is 3. The minimum atomic E-state index is -0.699. The number of aldehydes is 1. The van der Waals surface area contributed by atoms with Crippen LogP contribution < -0.4 is 10.1 Å². The smallest absolute Gasteiger partial charge is 0.221 e. The van der Waals surface area contributed by atoms with Crippen LogP contribution in [0.15, 0.2) is 12.1 Å². The number of ether oxygens (including phenoxy) is 1. The third kappa shape index (κ3) is 2.52. The molecule has 5 heteroatoms. The first kappa shape index (κ1) is 11.2. The average molecular weight is 211 g/mol. The number of carbonyl (C=O) groups is 2. The van der Waals surface area contributed by atoms with Crippen molar-refractivity contribution >= 4 is 17.9 Å². The maximum Gasteiger partial charge on any atom is 0.221 e. The SMILES string of the molecule is COc1cc(C=O)c(F)cc1NC(C)=O. The van der Waals surface area contributed by atoms with E-state index in [0.29, 0.717) is 6.29 Å². The van der Waals surface area contributed by atoms with Crippen molar-refractivity contribution in [2.45, 2.75) is 6.92 Å². The number of halogens is 1. The van der Waals surface area contributed by atoms with E-state index in [9.17, 15) is 14.0 Å². The van der Waals surface area contributed by atoms with E-state index in [1.165, 1.54) is 20.1 Å². The maximum atomic E-state index is 13.2. The van der Waals surface area contributed by atoms with Crippen molar-refractivity contribution in [3.63, 3.8) is 0 Å². The summed E-state index contributed by atoms with van der Waals surface area (Å²) in [6.07, 6.45) is 0.384. The number of anilines is 1. The fourth-order valence-corrected chi connectivity index (χ4v) is 1.12. The monoisotopic (exact) mass is 211 g/mol.